The maximum absolute atomic E-state index is 12.3. The first-order valence-corrected chi connectivity index (χ1v) is 9.01. The molecule has 30 heavy (non-hydrogen) atoms. The van der Waals surface area contributed by atoms with Gasteiger partial charge in [-0.05, 0) is 61.9 Å². The van der Waals surface area contributed by atoms with Crippen LogP contribution in [0.1, 0.15) is 29.8 Å². The number of nitrogens with one attached hydrogen (secondary N) is 1. The van der Waals surface area contributed by atoms with Crippen LogP contribution in [0.25, 0.3) is 6.08 Å². The second-order valence-electron chi connectivity index (χ2n) is 6.45. The van der Waals surface area contributed by atoms with Crippen LogP contribution in [0, 0.1) is 11.3 Å². The lowest BCUT2D eigenvalue weighted by Gasteiger charge is -2.13. The van der Waals surface area contributed by atoms with Crippen molar-refractivity contribution in [1.29, 1.82) is 5.26 Å². The Hall–Kier alpha value is -4.12. The first kappa shape index (κ1) is 20.6. The summed E-state index contributed by atoms with van der Waals surface area (Å²) in [7, 11) is 0. The number of amides is 1. The molecule has 0 spiro atoms. The minimum atomic E-state index is -1.14. The van der Waals surface area contributed by atoms with Gasteiger partial charge in [-0.2, -0.15) is 5.26 Å². The van der Waals surface area contributed by atoms with E-state index >= 15 is 0 Å². The largest absolute Gasteiger partial charge is 0.454 e. The predicted molar refractivity (Wildman–Crippen MR) is 107 cm³/mol. The van der Waals surface area contributed by atoms with Gasteiger partial charge in [0.2, 0.25) is 6.79 Å². The van der Waals surface area contributed by atoms with Gasteiger partial charge in [-0.25, -0.2) is 4.79 Å². The van der Waals surface area contributed by atoms with Crippen molar-refractivity contribution in [2.45, 2.75) is 20.0 Å². The van der Waals surface area contributed by atoms with E-state index in [2.05, 4.69) is 5.32 Å². The highest BCUT2D eigenvalue weighted by Gasteiger charge is 2.21. The molecule has 3 rings (SSSR count). The highest BCUT2D eigenvalue weighted by molar-refractivity contribution is 6.01. The van der Waals surface area contributed by atoms with E-state index in [9.17, 15) is 19.6 Å². The Labute approximate surface area is 172 Å². The van der Waals surface area contributed by atoms with Crippen LogP contribution in [0.2, 0.25) is 0 Å². The fraction of sp³-hybridized carbons (Fsp3) is 0.182. The molecule has 0 fully saturated rings. The quantitative estimate of drug-likeness (QED) is 0.339. The lowest BCUT2D eigenvalue weighted by atomic mass is 10.1. The van der Waals surface area contributed by atoms with Crippen molar-refractivity contribution in [3.05, 3.63) is 59.2 Å². The average molecular weight is 406 g/mol. The molecule has 0 saturated carbocycles. The Morgan fingerprint density at radius 2 is 1.83 bits per heavy atom. The van der Waals surface area contributed by atoms with Crippen LogP contribution in [-0.2, 0) is 14.3 Å². The number of nitrogens with zero attached hydrogens (tertiary/aromatic N) is 1. The Bertz CT molecular complexity index is 1070. The van der Waals surface area contributed by atoms with Gasteiger partial charge in [-0.15, -0.1) is 0 Å². The summed E-state index contributed by atoms with van der Waals surface area (Å²) in [5, 5.41) is 11.9. The van der Waals surface area contributed by atoms with Crippen molar-refractivity contribution in [1.82, 2.24) is 0 Å². The van der Waals surface area contributed by atoms with Crippen molar-refractivity contribution < 1.29 is 28.6 Å². The van der Waals surface area contributed by atoms with E-state index in [0.717, 1.165) is 0 Å². The van der Waals surface area contributed by atoms with E-state index in [0.29, 0.717) is 28.3 Å². The van der Waals surface area contributed by atoms with Crippen LogP contribution in [0.5, 0.6) is 11.5 Å². The van der Waals surface area contributed by atoms with Gasteiger partial charge >= 0.3 is 5.97 Å². The summed E-state index contributed by atoms with van der Waals surface area (Å²) < 4.78 is 15.6. The third-order valence-electron chi connectivity index (χ3n) is 4.26. The molecule has 0 saturated heterocycles. The third kappa shape index (κ3) is 4.83. The summed E-state index contributed by atoms with van der Waals surface area (Å²) in [6.07, 6.45) is 0.202. The van der Waals surface area contributed by atoms with E-state index < -0.39 is 18.0 Å². The van der Waals surface area contributed by atoms with Crippen molar-refractivity contribution in [2.75, 3.05) is 12.1 Å². The average Bonchev–Trinajstić information content (AvgIpc) is 3.20. The van der Waals surface area contributed by atoms with Crippen molar-refractivity contribution in [2.24, 2.45) is 0 Å². The molecule has 0 aromatic heterocycles. The maximum atomic E-state index is 12.3. The first-order valence-electron chi connectivity index (χ1n) is 9.01. The Balaban J connectivity index is 1.63. The molecule has 0 bridgehead atoms. The molecule has 0 aliphatic carbocycles. The first-order chi connectivity index (χ1) is 14.4. The van der Waals surface area contributed by atoms with Crippen molar-refractivity contribution in [3.8, 4) is 17.6 Å². The molecule has 0 radical (unpaired) electrons. The molecule has 1 aliphatic heterocycles. The van der Waals surface area contributed by atoms with E-state index in [-0.39, 0.29) is 18.1 Å². The summed E-state index contributed by atoms with van der Waals surface area (Å²) in [5.41, 5.74) is 1.25. The smallest absolute Gasteiger partial charge is 0.349 e. The predicted octanol–water partition coefficient (Wildman–Crippen LogP) is 3.10. The fourth-order valence-corrected chi connectivity index (χ4v) is 2.62. The van der Waals surface area contributed by atoms with Crippen LogP contribution < -0.4 is 14.8 Å². The zero-order valence-electron chi connectivity index (χ0n) is 16.3. The van der Waals surface area contributed by atoms with Gasteiger partial charge in [0.05, 0.1) is 0 Å². The topological polar surface area (TPSA) is 115 Å². The number of rotatable bonds is 6. The number of hydrogen-bond acceptors (Lipinski definition) is 7. The lowest BCUT2D eigenvalue weighted by molar-refractivity contribution is -0.148. The van der Waals surface area contributed by atoms with Crippen LogP contribution in [-0.4, -0.2) is 30.6 Å². The van der Waals surface area contributed by atoms with Gasteiger partial charge in [-0.3, -0.25) is 9.59 Å². The molecule has 8 nitrogen and oxygen atoms in total. The van der Waals surface area contributed by atoms with E-state index in [1.54, 1.807) is 48.5 Å². The fourth-order valence-electron chi connectivity index (χ4n) is 2.62. The van der Waals surface area contributed by atoms with Crippen molar-refractivity contribution in [3.63, 3.8) is 0 Å². The summed E-state index contributed by atoms with van der Waals surface area (Å²) in [4.78, 5) is 35.9. The van der Waals surface area contributed by atoms with Gasteiger partial charge in [0.1, 0.15) is 11.6 Å². The molecular weight excluding hydrogens is 388 g/mol. The minimum absolute atomic E-state index is 0.0894. The maximum Gasteiger partial charge on any atom is 0.349 e. The molecule has 8 heteroatoms. The van der Waals surface area contributed by atoms with Gasteiger partial charge in [-0.1, -0.05) is 6.07 Å². The van der Waals surface area contributed by atoms with E-state index in [4.69, 9.17) is 14.2 Å². The zero-order valence-corrected chi connectivity index (χ0v) is 16.3. The Morgan fingerprint density at radius 3 is 2.50 bits per heavy atom. The van der Waals surface area contributed by atoms with Gasteiger partial charge in [0.15, 0.2) is 23.4 Å². The highest BCUT2D eigenvalue weighted by atomic mass is 16.7. The number of carbonyl (C=O) groups excluding carboxylic acids is 3. The number of ether oxygens (including phenoxy) is 3. The molecule has 152 valence electrons. The Morgan fingerprint density at radius 1 is 1.13 bits per heavy atom. The lowest BCUT2D eigenvalue weighted by Crippen LogP contribution is -2.30. The Kier molecular flexibility index (Phi) is 6.13. The monoisotopic (exact) mass is 406 g/mol. The third-order valence-corrected chi connectivity index (χ3v) is 4.26. The van der Waals surface area contributed by atoms with Crippen LogP contribution in [0.15, 0.2) is 48.0 Å². The van der Waals surface area contributed by atoms with Gasteiger partial charge in [0, 0.05) is 11.3 Å². The number of carbonyl (C=O) groups is 3. The molecular formula is C22H18N2O6. The second-order valence-corrected chi connectivity index (χ2v) is 6.45. The molecule has 2 aromatic rings. The van der Waals surface area contributed by atoms with Gasteiger partial charge in [0.25, 0.3) is 5.91 Å². The van der Waals surface area contributed by atoms with E-state index in [1.165, 1.54) is 19.9 Å². The zero-order chi connectivity index (χ0) is 21.7. The van der Waals surface area contributed by atoms with Gasteiger partial charge < -0.3 is 19.5 Å². The number of anilines is 1. The number of hydrogen-bond donors (Lipinski definition) is 1. The van der Waals surface area contributed by atoms with E-state index in [1.807, 2.05) is 0 Å². The second kappa shape index (κ2) is 8.92. The summed E-state index contributed by atoms with van der Waals surface area (Å²) in [6.45, 7) is 2.95. The number of Topliss-reactive ketones (excluding diaryl/α,β-unsaturated/α-hetero) is 1. The number of fused-ring (bicyclic) bond motifs is 1. The molecule has 1 atom stereocenters. The molecule has 1 aliphatic rings. The number of ketones is 1. The number of esters is 1. The molecule has 2 aromatic carbocycles. The normalized spacial score (nSPS) is 13.2. The SMILES string of the molecule is CC(=O)c1ccc(NC(=O)C(C)OC(=O)C(C#N)=Cc2ccc3c(c2)OCO3)cc1. The number of nitriles is 1. The van der Waals surface area contributed by atoms with Crippen molar-refractivity contribution >= 4 is 29.4 Å². The molecule has 1 unspecified atom stereocenters. The summed E-state index contributed by atoms with van der Waals surface area (Å²) >= 11 is 0. The molecule has 1 amide bonds. The highest BCUT2D eigenvalue weighted by Crippen LogP contribution is 2.33. The standard InChI is InChI=1S/C22H18N2O6/c1-13(25)16-4-6-18(7-5-16)24-21(26)14(2)30-22(27)17(11-23)9-15-3-8-19-20(10-15)29-12-28-19/h3-10,14H,12H2,1-2H3,(H,24,26). The minimum Gasteiger partial charge on any atom is -0.454 e. The van der Waals surface area contributed by atoms with Crippen LogP contribution in [0.4, 0.5) is 5.69 Å². The number of benzene rings is 2. The summed E-state index contributed by atoms with van der Waals surface area (Å²) in [6, 6.07) is 13.1. The van der Waals surface area contributed by atoms with Crippen LogP contribution in [0.3, 0.4) is 0 Å². The molecule has 1 heterocycles. The molecule has 1 N–H and O–H groups in total. The summed E-state index contributed by atoms with van der Waals surface area (Å²) in [5.74, 6) is -0.495. The van der Waals surface area contributed by atoms with Crippen LogP contribution >= 0.6 is 0 Å².